The second-order valence-corrected chi connectivity index (χ2v) is 6.07. The maximum Gasteiger partial charge on any atom is 0.308 e. The fraction of sp³-hybridized carbons (Fsp3) is 0.688. The Morgan fingerprint density at radius 1 is 1.19 bits per heavy atom. The second-order valence-electron chi connectivity index (χ2n) is 6.07. The molecule has 114 valence electrons. The van der Waals surface area contributed by atoms with E-state index < -0.39 is 0 Å². The number of hydrogen-bond donors (Lipinski definition) is 0. The minimum absolute atomic E-state index is 0.0439. The first-order valence-electron chi connectivity index (χ1n) is 7.92. The first-order valence-corrected chi connectivity index (χ1v) is 7.92. The third-order valence-electron chi connectivity index (χ3n) is 4.80. The van der Waals surface area contributed by atoms with Crippen LogP contribution in [0.4, 0.5) is 5.82 Å². The summed E-state index contributed by atoms with van der Waals surface area (Å²) >= 11 is 0. The molecule has 0 radical (unpaired) electrons. The zero-order valence-electron chi connectivity index (χ0n) is 12.6. The van der Waals surface area contributed by atoms with Gasteiger partial charge < -0.3 is 9.64 Å². The number of hydrogen-bond acceptors (Lipinski definition) is 5. The molecule has 0 atom stereocenters. The molecule has 3 rings (SSSR count). The van der Waals surface area contributed by atoms with E-state index in [2.05, 4.69) is 20.9 Å². The number of rotatable bonds is 3. The predicted octanol–water partition coefficient (Wildman–Crippen LogP) is 2.52. The van der Waals surface area contributed by atoms with Gasteiger partial charge in [-0.15, -0.1) is 0 Å². The lowest BCUT2D eigenvalue weighted by atomic mass is 9.97. The first-order chi connectivity index (χ1) is 10.3. The average Bonchev–Trinajstić information content (AvgIpc) is 3.09. The second kappa shape index (κ2) is 6.41. The molecule has 0 aromatic carbocycles. The minimum Gasteiger partial charge on any atom is -0.469 e. The van der Waals surface area contributed by atoms with Crippen molar-refractivity contribution in [3.63, 3.8) is 0 Å². The fourth-order valence-corrected chi connectivity index (χ4v) is 3.49. The number of anilines is 1. The Labute approximate surface area is 125 Å². The van der Waals surface area contributed by atoms with Gasteiger partial charge in [0.15, 0.2) is 0 Å². The van der Waals surface area contributed by atoms with Crippen molar-refractivity contribution in [2.45, 2.75) is 44.4 Å². The standard InChI is InChI=1S/C16H23N3O2/c1-21-16(20)13-6-8-19(9-7-13)15-10-14(17-11-18-15)12-4-2-3-5-12/h10-13H,2-9H2,1H3. The van der Waals surface area contributed by atoms with Crippen LogP contribution in [0.15, 0.2) is 12.4 Å². The Kier molecular flexibility index (Phi) is 4.36. The zero-order chi connectivity index (χ0) is 14.7. The van der Waals surface area contributed by atoms with Gasteiger partial charge in [0, 0.05) is 30.8 Å². The number of nitrogens with zero attached hydrogens (tertiary/aromatic N) is 3. The van der Waals surface area contributed by atoms with E-state index >= 15 is 0 Å². The quantitative estimate of drug-likeness (QED) is 0.800. The van der Waals surface area contributed by atoms with E-state index in [1.54, 1.807) is 6.33 Å². The summed E-state index contributed by atoms with van der Waals surface area (Å²) in [6.45, 7) is 1.72. The number of carbonyl (C=O) groups excluding carboxylic acids is 1. The molecule has 2 fully saturated rings. The van der Waals surface area contributed by atoms with Crippen LogP contribution in [0.1, 0.15) is 50.1 Å². The molecule has 21 heavy (non-hydrogen) atoms. The van der Waals surface area contributed by atoms with Crippen LogP contribution in [0, 0.1) is 5.92 Å². The number of aromatic nitrogens is 2. The highest BCUT2D eigenvalue weighted by Gasteiger charge is 2.27. The van der Waals surface area contributed by atoms with Crippen molar-refractivity contribution in [1.82, 2.24) is 9.97 Å². The van der Waals surface area contributed by atoms with Crippen molar-refractivity contribution in [2.75, 3.05) is 25.1 Å². The summed E-state index contributed by atoms with van der Waals surface area (Å²) in [6.07, 6.45) is 8.51. The largest absolute Gasteiger partial charge is 0.469 e. The van der Waals surface area contributed by atoms with Gasteiger partial charge in [0.2, 0.25) is 0 Å². The summed E-state index contributed by atoms with van der Waals surface area (Å²) in [5, 5.41) is 0. The molecule has 1 aromatic heterocycles. The van der Waals surface area contributed by atoms with Crippen LogP contribution >= 0.6 is 0 Å². The van der Waals surface area contributed by atoms with Gasteiger partial charge in [-0.3, -0.25) is 4.79 Å². The lowest BCUT2D eigenvalue weighted by Gasteiger charge is -2.31. The van der Waals surface area contributed by atoms with E-state index in [0.29, 0.717) is 5.92 Å². The molecule has 1 aromatic rings. The highest BCUT2D eigenvalue weighted by Crippen LogP contribution is 2.34. The van der Waals surface area contributed by atoms with Gasteiger partial charge in [0.05, 0.1) is 13.0 Å². The normalized spacial score (nSPS) is 20.7. The van der Waals surface area contributed by atoms with Crippen LogP contribution in [0.5, 0.6) is 0 Å². The summed E-state index contributed by atoms with van der Waals surface area (Å²) in [7, 11) is 1.47. The molecule has 0 N–H and O–H groups in total. The van der Waals surface area contributed by atoms with Crippen LogP contribution < -0.4 is 4.90 Å². The summed E-state index contributed by atoms with van der Waals surface area (Å²) in [5.41, 5.74) is 1.19. The molecular weight excluding hydrogens is 266 g/mol. The van der Waals surface area contributed by atoms with Crippen LogP contribution in [0.2, 0.25) is 0 Å². The number of carbonyl (C=O) groups is 1. The van der Waals surface area contributed by atoms with E-state index in [1.165, 1.54) is 38.5 Å². The highest BCUT2D eigenvalue weighted by molar-refractivity contribution is 5.72. The number of ether oxygens (including phenoxy) is 1. The predicted molar refractivity (Wildman–Crippen MR) is 80.2 cm³/mol. The third kappa shape index (κ3) is 3.17. The Balaban J connectivity index is 1.65. The Bertz CT molecular complexity index is 492. The molecule has 0 bridgehead atoms. The molecule has 0 unspecified atom stereocenters. The molecule has 1 aliphatic carbocycles. The maximum atomic E-state index is 11.6. The maximum absolute atomic E-state index is 11.6. The third-order valence-corrected chi connectivity index (χ3v) is 4.80. The van der Waals surface area contributed by atoms with E-state index in [4.69, 9.17) is 4.74 Å². The van der Waals surface area contributed by atoms with Crippen LogP contribution in [-0.2, 0) is 9.53 Å². The summed E-state index contributed by atoms with van der Waals surface area (Å²) in [4.78, 5) is 22.7. The molecule has 5 nitrogen and oxygen atoms in total. The smallest absolute Gasteiger partial charge is 0.308 e. The molecule has 0 spiro atoms. The molecule has 0 amide bonds. The van der Waals surface area contributed by atoms with Gasteiger partial charge in [-0.05, 0) is 25.7 Å². The van der Waals surface area contributed by atoms with Crippen molar-refractivity contribution in [3.05, 3.63) is 18.1 Å². The first kappa shape index (κ1) is 14.3. The van der Waals surface area contributed by atoms with Gasteiger partial charge in [-0.2, -0.15) is 0 Å². The van der Waals surface area contributed by atoms with Gasteiger partial charge in [-0.1, -0.05) is 12.8 Å². The molecule has 2 heterocycles. The Hall–Kier alpha value is -1.65. The van der Waals surface area contributed by atoms with E-state index in [1.807, 2.05) is 0 Å². The van der Waals surface area contributed by atoms with E-state index in [9.17, 15) is 4.79 Å². The molecule has 1 saturated carbocycles. The molecule has 1 aliphatic heterocycles. The number of piperidine rings is 1. The number of esters is 1. The van der Waals surface area contributed by atoms with Gasteiger partial charge in [-0.25, -0.2) is 9.97 Å². The van der Waals surface area contributed by atoms with Crippen molar-refractivity contribution in [2.24, 2.45) is 5.92 Å². The van der Waals surface area contributed by atoms with E-state index in [-0.39, 0.29) is 11.9 Å². The minimum atomic E-state index is -0.0796. The van der Waals surface area contributed by atoms with E-state index in [0.717, 1.165) is 31.7 Å². The Morgan fingerprint density at radius 2 is 1.90 bits per heavy atom. The summed E-state index contributed by atoms with van der Waals surface area (Å²) in [6, 6.07) is 2.15. The lowest BCUT2D eigenvalue weighted by molar-refractivity contribution is -0.146. The molecule has 1 saturated heterocycles. The fourth-order valence-electron chi connectivity index (χ4n) is 3.49. The lowest BCUT2D eigenvalue weighted by Crippen LogP contribution is -2.37. The molecule has 5 heteroatoms. The average molecular weight is 289 g/mol. The van der Waals surface area contributed by atoms with Crippen LogP contribution in [0.3, 0.4) is 0 Å². The monoisotopic (exact) mass is 289 g/mol. The van der Waals surface area contributed by atoms with Gasteiger partial charge in [0.25, 0.3) is 0 Å². The van der Waals surface area contributed by atoms with Gasteiger partial charge in [0.1, 0.15) is 12.1 Å². The topological polar surface area (TPSA) is 55.3 Å². The number of methoxy groups -OCH3 is 1. The van der Waals surface area contributed by atoms with Crippen molar-refractivity contribution in [1.29, 1.82) is 0 Å². The van der Waals surface area contributed by atoms with Crippen molar-refractivity contribution >= 4 is 11.8 Å². The highest BCUT2D eigenvalue weighted by atomic mass is 16.5. The van der Waals surface area contributed by atoms with Crippen molar-refractivity contribution < 1.29 is 9.53 Å². The summed E-state index contributed by atoms with van der Waals surface area (Å²) < 4.78 is 4.83. The molecular formula is C16H23N3O2. The zero-order valence-corrected chi connectivity index (χ0v) is 12.6. The SMILES string of the molecule is COC(=O)C1CCN(c2cc(C3CCCC3)ncn2)CC1. The molecule has 2 aliphatic rings. The van der Waals surface area contributed by atoms with Crippen LogP contribution in [-0.4, -0.2) is 36.1 Å². The van der Waals surface area contributed by atoms with Crippen LogP contribution in [0.25, 0.3) is 0 Å². The summed E-state index contributed by atoms with van der Waals surface area (Å²) in [5.74, 6) is 1.58. The Morgan fingerprint density at radius 3 is 2.57 bits per heavy atom. The van der Waals surface area contributed by atoms with Crippen molar-refractivity contribution in [3.8, 4) is 0 Å². The van der Waals surface area contributed by atoms with Gasteiger partial charge >= 0.3 is 5.97 Å².